The lowest BCUT2D eigenvalue weighted by molar-refractivity contribution is -0.162. The molecular weight excluding hydrogens is 260 g/mol. The first-order valence-electron chi connectivity index (χ1n) is 7.70. The Balaban J connectivity index is 1.89. The number of benzene rings is 2. The van der Waals surface area contributed by atoms with Crippen LogP contribution in [0.1, 0.15) is 45.6 Å². The summed E-state index contributed by atoms with van der Waals surface area (Å²) >= 11 is 0. The minimum Gasteiger partial charge on any atom is -0.454 e. The fraction of sp³-hybridized carbons (Fsp3) is 0.421. The second-order valence-corrected chi connectivity index (χ2v) is 6.68. The summed E-state index contributed by atoms with van der Waals surface area (Å²) in [6, 6.07) is 14.7. The molecule has 0 amide bonds. The standard InChI is InChI=1S/C19H22O2/c1-4-18(2,3)17(20)21-19(11-12-19)16-10-9-14-7-5-6-8-15(14)13-16/h5-10,13H,4,11-12H2,1-3H3. The van der Waals surface area contributed by atoms with Crippen molar-refractivity contribution in [2.24, 2.45) is 5.41 Å². The SMILES string of the molecule is CCC(C)(C)C(=O)OC1(c2ccc3ccccc3c2)CC1. The molecule has 2 nitrogen and oxygen atoms in total. The van der Waals surface area contributed by atoms with Crippen molar-refractivity contribution in [3.05, 3.63) is 48.0 Å². The van der Waals surface area contributed by atoms with Crippen LogP contribution in [0.25, 0.3) is 10.8 Å². The molecule has 0 atom stereocenters. The van der Waals surface area contributed by atoms with Crippen molar-refractivity contribution >= 4 is 16.7 Å². The normalized spacial score (nSPS) is 16.7. The van der Waals surface area contributed by atoms with Crippen molar-refractivity contribution in [2.75, 3.05) is 0 Å². The Morgan fingerprint density at radius 1 is 1.14 bits per heavy atom. The summed E-state index contributed by atoms with van der Waals surface area (Å²) in [6.45, 7) is 5.93. The van der Waals surface area contributed by atoms with Gasteiger partial charge in [-0.15, -0.1) is 0 Å². The van der Waals surface area contributed by atoms with Gasteiger partial charge in [-0.2, -0.15) is 0 Å². The number of carbonyl (C=O) groups is 1. The molecule has 21 heavy (non-hydrogen) atoms. The Bertz CT molecular complexity index is 681. The Kier molecular flexibility index (Phi) is 3.27. The van der Waals surface area contributed by atoms with E-state index in [4.69, 9.17) is 4.74 Å². The lowest BCUT2D eigenvalue weighted by atomic mass is 9.90. The minimum atomic E-state index is -0.410. The number of esters is 1. The van der Waals surface area contributed by atoms with E-state index >= 15 is 0 Å². The Labute approximate surface area is 126 Å². The number of hydrogen-bond donors (Lipinski definition) is 0. The topological polar surface area (TPSA) is 26.3 Å². The van der Waals surface area contributed by atoms with Gasteiger partial charge in [-0.1, -0.05) is 43.3 Å². The van der Waals surface area contributed by atoms with Gasteiger partial charge in [-0.3, -0.25) is 4.79 Å². The quantitative estimate of drug-likeness (QED) is 0.752. The zero-order valence-corrected chi connectivity index (χ0v) is 13.0. The van der Waals surface area contributed by atoms with Crippen LogP contribution in [0.2, 0.25) is 0 Å². The molecule has 0 unspecified atom stereocenters. The van der Waals surface area contributed by atoms with Crippen LogP contribution in [-0.2, 0) is 15.1 Å². The van der Waals surface area contributed by atoms with Gasteiger partial charge in [0.25, 0.3) is 0 Å². The van der Waals surface area contributed by atoms with Crippen LogP contribution in [0.15, 0.2) is 42.5 Å². The molecule has 0 aliphatic heterocycles. The number of rotatable bonds is 4. The van der Waals surface area contributed by atoms with Crippen LogP contribution >= 0.6 is 0 Å². The lowest BCUT2D eigenvalue weighted by Gasteiger charge is -2.25. The van der Waals surface area contributed by atoms with E-state index in [1.165, 1.54) is 10.8 Å². The van der Waals surface area contributed by atoms with Gasteiger partial charge in [-0.25, -0.2) is 0 Å². The fourth-order valence-electron chi connectivity index (χ4n) is 2.50. The van der Waals surface area contributed by atoms with E-state index in [2.05, 4.69) is 30.3 Å². The summed E-state index contributed by atoms with van der Waals surface area (Å²) in [4.78, 5) is 12.4. The molecule has 0 radical (unpaired) electrons. The molecule has 1 aliphatic carbocycles. The Hall–Kier alpha value is -1.83. The monoisotopic (exact) mass is 282 g/mol. The zero-order chi connectivity index (χ0) is 15.1. The highest BCUT2D eigenvalue weighted by molar-refractivity contribution is 5.83. The molecule has 110 valence electrons. The number of ether oxygens (including phenoxy) is 1. The van der Waals surface area contributed by atoms with E-state index in [9.17, 15) is 4.79 Å². The van der Waals surface area contributed by atoms with Crippen molar-refractivity contribution in [1.29, 1.82) is 0 Å². The van der Waals surface area contributed by atoms with E-state index in [1.807, 2.05) is 32.9 Å². The molecule has 2 heteroatoms. The molecule has 1 fully saturated rings. The van der Waals surface area contributed by atoms with Crippen molar-refractivity contribution in [3.8, 4) is 0 Å². The van der Waals surface area contributed by atoms with Crippen LogP contribution < -0.4 is 0 Å². The molecule has 0 aromatic heterocycles. The Morgan fingerprint density at radius 2 is 1.81 bits per heavy atom. The van der Waals surface area contributed by atoms with Crippen molar-refractivity contribution in [3.63, 3.8) is 0 Å². The molecule has 3 rings (SSSR count). The van der Waals surface area contributed by atoms with Gasteiger partial charge in [-0.05, 0) is 55.5 Å². The molecule has 0 bridgehead atoms. The molecule has 1 saturated carbocycles. The van der Waals surface area contributed by atoms with Gasteiger partial charge in [0.2, 0.25) is 0 Å². The maximum atomic E-state index is 12.4. The molecule has 2 aromatic carbocycles. The minimum absolute atomic E-state index is 0.0874. The van der Waals surface area contributed by atoms with Crippen LogP contribution in [0.3, 0.4) is 0 Å². The molecular formula is C19H22O2. The Morgan fingerprint density at radius 3 is 2.43 bits per heavy atom. The number of fused-ring (bicyclic) bond motifs is 1. The third-order valence-corrected chi connectivity index (χ3v) is 4.70. The molecule has 1 aliphatic rings. The van der Waals surface area contributed by atoms with Crippen molar-refractivity contribution < 1.29 is 9.53 Å². The first-order chi connectivity index (χ1) is 9.97. The average Bonchev–Trinajstić information content (AvgIpc) is 3.27. The van der Waals surface area contributed by atoms with Gasteiger partial charge in [0, 0.05) is 0 Å². The smallest absolute Gasteiger partial charge is 0.312 e. The predicted octanol–water partition coefficient (Wildman–Crippen LogP) is 4.81. The van der Waals surface area contributed by atoms with Gasteiger partial charge in [0.15, 0.2) is 0 Å². The molecule has 0 saturated heterocycles. The highest BCUT2D eigenvalue weighted by Crippen LogP contribution is 2.50. The zero-order valence-electron chi connectivity index (χ0n) is 13.0. The second-order valence-electron chi connectivity index (χ2n) is 6.68. The highest BCUT2D eigenvalue weighted by atomic mass is 16.6. The van der Waals surface area contributed by atoms with Gasteiger partial charge in [0.05, 0.1) is 5.41 Å². The lowest BCUT2D eigenvalue weighted by Crippen LogP contribution is -2.30. The summed E-state index contributed by atoms with van der Waals surface area (Å²) in [5, 5.41) is 2.42. The summed E-state index contributed by atoms with van der Waals surface area (Å²) in [5.41, 5.74) is 0.335. The largest absolute Gasteiger partial charge is 0.454 e. The van der Waals surface area contributed by atoms with E-state index in [1.54, 1.807) is 0 Å². The van der Waals surface area contributed by atoms with E-state index in [0.717, 1.165) is 24.8 Å². The summed E-state index contributed by atoms with van der Waals surface area (Å²) in [5.74, 6) is -0.0874. The van der Waals surface area contributed by atoms with E-state index in [0.29, 0.717) is 0 Å². The first kappa shape index (κ1) is 14.1. The van der Waals surface area contributed by atoms with Gasteiger partial charge < -0.3 is 4.74 Å². The summed E-state index contributed by atoms with van der Waals surface area (Å²) in [7, 11) is 0. The maximum absolute atomic E-state index is 12.4. The van der Waals surface area contributed by atoms with Crippen LogP contribution in [-0.4, -0.2) is 5.97 Å². The van der Waals surface area contributed by atoms with Crippen molar-refractivity contribution in [1.82, 2.24) is 0 Å². The van der Waals surface area contributed by atoms with Crippen LogP contribution in [0.5, 0.6) is 0 Å². The summed E-state index contributed by atoms with van der Waals surface area (Å²) < 4.78 is 5.90. The fourth-order valence-corrected chi connectivity index (χ4v) is 2.50. The maximum Gasteiger partial charge on any atom is 0.312 e. The third-order valence-electron chi connectivity index (χ3n) is 4.70. The molecule has 0 N–H and O–H groups in total. The van der Waals surface area contributed by atoms with Crippen LogP contribution in [0, 0.1) is 5.41 Å². The van der Waals surface area contributed by atoms with E-state index in [-0.39, 0.29) is 11.6 Å². The molecule has 0 spiro atoms. The van der Waals surface area contributed by atoms with Crippen LogP contribution in [0.4, 0.5) is 0 Å². The highest BCUT2D eigenvalue weighted by Gasteiger charge is 2.50. The number of hydrogen-bond acceptors (Lipinski definition) is 2. The second kappa shape index (κ2) is 4.87. The first-order valence-corrected chi connectivity index (χ1v) is 7.70. The third kappa shape index (κ3) is 2.55. The van der Waals surface area contributed by atoms with Gasteiger partial charge in [0.1, 0.15) is 5.60 Å². The van der Waals surface area contributed by atoms with Crippen molar-refractivity contribution in [2.45, 2.75) is 45.6 Å². The molecule has 0 heterocycles. The molecule has 2 aromatic rings. The van der Waals surface area contributed by atoms with E-state index < -0.39 is 5.41 Å². The predicted molar refractivity (Wildman–Crippen MR) is 85.0 cm³/mol. The number of carbonyl (C=O) groups excluding carboxylic acids is 1. The van der Waals surface area contributed by atoms with Gasteiger partial charge >= 0.3 is 5.97 Å². The summed E-state index contributed by atoms with van der Waals surface area (Å²) in [6.07, 6.45) is 2.65. The average molecular weight is 282 g/mol.